The van der Waals surface area contributed by atoms with E-state index >= 15 is 0 Å². The minimum atomic E-state index is -0.598. The Morgan fingerprint density at radius 3 is 2.56 bits per heavy atom. The molecule has 180 valence electrons. The molecule has 3 aromatic carbocycles. The summed E-state index contributed by atoms with van der Waals surface area (Å²) in [6, 6.07) is 18.7. The summed E-state index contributed by atoms with van der Waals surface area (Å²) in [5, 5.41) is 11.2. The minimum Gasteiger partial charge on any atom is -0.497 e. The van der Waals surface area contributed by atoms with Crippen LogP contribution in [0.3, 0.4) is 0 Å². The average Bonchev–Trinajstić information content (AvgIpc) is 3.29. The van der Waals surface area contributed by atoms with Crippen molar-refractivity contribution in [2.45, 2.75) is 0 Å². The smallest absolute Gasteiger partial charge is 0.279 e. The maximum Gasteiger partial charge on any atom is 0.279 e. The summed E-state index contributed by atoms with van der Waals surface area (Å²) in [4.78, 5) is 43.0. The number of fused-ring (bicyclic) bond motifs is 2. The lowest BCUT2D eigenvalue weighted by Gasteiger charge is -2.11. The summed E-state index contributed by atoms with van der Waals surface area (Å²) < 4.78 is 7.15. The van der Waals surface area contributed by atoms with E-state index in [1.807, 2.05) is 0 Å². The molecule has 0 radical (unpaired) electrons. The third-order valence-electron chi connectivity index (χ3n) is 5.34. The largest absolute Gasteiger partial charge is 0.497 e. The quantitative estimate of drug-likeness (QED) is 0.350. The summed E-state index contributed by atoms with van der Waals surface area (Å²) in [7, 11) is 1.54. The molecule has 0 aliphatic rings. The fourth-order valence-electron chi connectivity index (χ4n) is 3.62. The molecule has 0 bridgehead atoms. The highest BCUT2D eigenvalue weighted by molar-refractivity contribution is 7.22. The zero-order valence-electron chi connectivity index (χ0n) is 18.8. The van der Waals surface area contributed by atoms with Crippen LogP contribution in [-0.2, 0) is 4.79 Å². The molecule has 0 saturated carbocycles. The van der Waals surface area contributed by atoms with Gasteiger partial charge in [0.2, 0.25) is 5.91 Å². The monoisotopic (exact) mass is 519 g/mol. The van der Waals surface area contributed by atoms with E-state index in [1.54, 1.807) is 73.8 Å². The normalized spacial score (nSPS) is 10.9. The number of benzene rings is 3. The standard InChI is InChI=1S/C25H18ClN5O4S/c1-35-16-9-7-15(8-10-16)31-24(34)18-5-3-2-4-17(18)22(30-31)23(33)27-13-21(32)29-25-28-19-11-6-14(26)12-20(19)36-25/h2-12H,13H2,1H3,(H,27,33)(H,28,29,32). The van der Waals surface area contributed by atoms with Crippen LogP contribution in [0.15, 0.2) is 71.5 Å². The van der Waals surface area contributed by atoms with Gasteiger partial charge in [0, 0.05) is 10.4 Å². The summed E-state index contributed by atoms with van der Waals surface area (Å²) >= 11 is 7.28. The van der Waals surface area contributed by atoms with Crippen molar-refractivity contribution < 1.29 is 14.3 Å². The van der Waals surface area contributed by atoms with Crippen molar-refractivity contribution in [3.8, 4) is 11.4 Å². The second-order valence-corrected chi connectivity index (χ2v) is 9.14. The van der Waals surface area contributed by atoms with Crippen LogP contribution in [0.5, 0.6) is 5.75 Å². The van der Waals surface area contributed by atoms with E-state index in [2.05, 4.69) is 20.7 Å². The lowest BCUT2D eigenvalue weighted by atomic mass is 10.1. The van der Waals surface area contributed by atoms with Crippen LogP contribution in [0.2, 0.25) is 5.02 Å². The molecular formula is C25H18ClN5O4S. The molecular weight excluding hydrogens is 502 g/mol. The SMILES string of the molecule is COc1ccc(-n2nc(C(=O)NCC(=O)Nc3nc4ccc(Cl)cc4s3)c3ccccc3c2=O)cc1. The maximum atomic E-state index is 13.1. The van der Waals surface area contributed by atoms with Crippen LogP contribution in [0.25, 0.3) is 26.7 Å². The molecule has 0 atom stereocenters. The van der Waals surface area contributed by atoms with Gasteiger partial charge in [-0.3, -0.25) is 14.4 Å². The number of hydrogen-bond donors (Lipinski definition) is 2. The Bertz CT molecular complexity index is 1680. The highest BCUT2D eigenvalue weighted by atomic mass is 35.5. The van der Waals surface area contributed by atoms with Crippen molar-refractivity contribution in [3.05, 3.63) is 87.8 Å². The van der Waals surface area contributed by atoms with Gasteiger partial charge in [-0.25, -0.2) is 4.98 Å². The molecule has 5 rings (SSSR count). The number of ether oxygens (including phenoxy) is 1. The molecule has 36 heavy (non-hydrogen) atoms. The number of anilines is 1. The number of thiazole rings is 1. The third-order valence-corrected chi connectivity index (χ3v) is 6.51. The second kappa shape index (κ2) is 9.76. The molecule has 0 aliphatic carbocycles. The minimum absolute atomic E-state index is 0.0171. The zero-order chi connectivity index (χ0) is 25.2. The van der Waals surface area contributed by atoms with Gasteiger partial charge < -0.3 is 15.4 Å². The summed E-state index contributed by atoms with van der Waals surface area (Å²) in [5.41, 5.74) is 0.818. The van der Waals surface area contributed by atoms with Gasteiger partial charge in [0.25, 0.3) is 11.5 Å². The third kappa shape index (κ3) is 4.64. The number of halogens is 1. The van der Waals surface area contributed by atoms with Crippen molar-refractivity contribution in [3.63, 3.8) is 0 Å². The number of carbonyl (C=O) groups is 2. The summed E-state index contributed by atoms with van der Waals surface area (Å²) in [6.07, 6.45) is 0. The Kier molecular flexibility index (Phi) is 6.36. The van der Waals surface area contributed by atoms with E-state index in [0.29, 0.717) is 37.9 Å². The molecule has 0 unspecified atom stereocenters. The van der Waals surface area contributed by atoms with E-state index in [4.69, 9.17) is 16.3 Å². The number of carbonyl (C=O) groups excluding carboxylic acids is 2. The Morgan fingerprint density at radius 2 is 1.81 bits per heavy atom. The number of rotatable bonds is 6. The molecule has 0 fully saturated rings. The van der Waals surface area contributed by atoms with E-state index in [1.165, 1.54) is 11.3 Å². The van der Waals surface area contributed by atoms with Gasteiger partial charge in [0.1, 0.15) is 5.75 Å². The lowest BCUT2D eigenvalue weighted by Crippen LogP contribution is -2.35. The fourth-order valence-corrected chi connectivity index (χ4v) is 4.77. The van der Waals surface area contributed by atoms with Gasteiger partial charge in [-0.1, -0.05) is 41.1 Å². The Morgan fingerprint density at radius 1 is 1.06 bits per heavy atom. The zero-order valence-corrected chi connectivity index (χ0v) is 20.4. The number of nitrogens with one attached hydrogen (secondary N) is 2. The van der Waals surface area contributed by atoms with Gasteiger partial charge in [-0.15, -0.1) is 0 Å². The predicted molar refractivity (Wildman–Crippen MR) is 139 cm³/mol. The van der Waals surface area contributed by atoms with Crippen molar-refractivity contribution in [2.24, 2.45) is 0 Å². The van der Waals surface area contributed by atoms with Crippen molar-refractivity contribution in [1.29, 1.82) is 0 Å². The first-order chi connectivity index (χ1) is 17.4. The Hall–Kier alpha value is -4.28. The molecule has 11 heteroatoms. The number of hydrogen-bond acceptors (Lipinski definition) is 7. The van der Waals surface area contributed by atoms with Gasteiger partial charge in [0.15, 0.2) is 10.8 Å². The molecule has 2 N–H and O–H groups in total. The molecule has 0 spiro atoms. The highest BCUT2D eigenvalue weighted by Gasteiger charge is 2.18. The van der Waals surface area contributed by atoms with Crippen LogP contribution in [0, 0.1) is 0 Å². The van der Waals surface area contributed by atoms with Crippen molar-refractivity contribution in [1.82, 2.24) is 20.1 Å². The van der Waals surface area contributed by atoms with E-state index in [-0.39, 0.29) is 17.8 Å². The fraction of sp³-hybridized carbons (Fsp3) is 0.0800. The van der Waals surface area contributed by atoms with E-state index in [0.717, 1.165) is 9.38 Å². The molecule has 0 saturated heterocycles. The summed E-state index contributed by atoms with van der Waals surface area (Å²) in [6.45, 7) is -0.312. The Balaban J connectivity index is 1.38. The van der Waals surface area contributed by atoms with Crippen LogP contribution >= 0.6 is 22.9 Å². The van der Waals surface area contributed by atoms with Crippen LogP contribution < -0.4 is 20.9 Å². The summed E-state index contributed by atoms with van der Waals surface area (Å²) in [5.74, 6) is -0.436. The van der Waals surface area contributed by atoms with Gasteiger partial charge >= 0.3 is 0 Å². The molecule has 2 aromatic heterocycles. The van der Waals surface area contributed by atoms with Gasteiger partial charge in [0.05, 0.1) is 34.9 Å². The molecule has 9 nitrogen and oxygen atoms in total. The molecule has 2 amide bonds. The predicted octanol–water partition coefficient (Wildman–Crippen LogP) is 4.03. The van der Waals surface area contributed by atoms with Gasteiger partial charge in [-0.05, 0) is 48.5 Å². The first-order valence-electron chi connectivity index (χ1n) is 10.7. The van der Waals surface area contributed by atoms with Crippen LogP contribution in [0.1, 0.15) is 10.5 Å². The first-order valence-corrected chi connectivity index (χ1v) is 11.9. The Labute approximate surface area is 213 Å². The van der Waals surface area contributed by atoms with Crippen molar-refractivity contribution in [2.75, 3.05) is 19.0 Å². The molecule has 2 heterocycles. The van der Waals surface area contributed by atoms with E-state index in [9.17, 15) is 14.4 Å². The van der Waals surface area contributed by atoms with E-state index < -0.39 is 11.8 Å². The van der Waals surface area contributed by atoms with Crippen molar-refractivity contribution >= 4 is 60.9 Å². The highest BCUT2D eigenvalue weighted by Crippen LogP contribution is 2.28. The topological polar surface area (TPSA) is 115 Å². The number of amides is 2. The molecule has 0 aliphatic heterocycles. The average molecular weight is 520 g/mol. The first kappa shape index (κ1) is 23.5. The number of aromatic nitrogens is 3. The number of nitrogens with zero attached hydrogens (tertiary/aromatic N) is 3. The number of methoxy groups -OCH3 is 1. The van der Waals surface area contributed by atoms with Crippen LogP contribution in [-0.4, -0.2) is 40.2 Å². The van der Waals surface area contributed by atoms with Crippen LogP contribution in [0.4, 0.5) is 5.13 Å². The molecule has 5 aromatic rings. The lowest BCUT2D eigenvalue weighted by molar-refractivity contribution is -0.115. The second-order valence-electron chi connectivity index (χ2n) is 7.67. The maximum absolute atomic E-state index is 13.1. The van der Waals surface area contributed by atoms with Gasteiger partial charge in [-0.2, -0.15) is 9.78 Å².